The van der Waals surface area contributed by atoms with Crippen molar-refractivity contribution in [2.45, 2.75) is 18.8 Å². The van der Waals surface area contributed by atoms with Gasteiger partial charge in [0.2, 0.25) is 0 Å². The van der Waals surface area contributed by atoms with Gasteiger partial charge in [-0.15, -0.1) is 0 Å². The zero-order chi connectivity index (χ0) is 16.1. The molecule has 23 heavy (non-hydrogen) atoms. The van der Waals surface area contributed by atoms with Crippen LogP contribution in [0.5, 0.6) is 0 Å². The molecule has 1 nitrogen and oxygen atoms in total. The minimum absolute atomic E-state index is 0.294. The lowest BCUT2D eigenvalue weighted by atomic mass is 9.91. The van der Waals surface area contributed by atoms with Crippen LogP contribution in [-0.4, -0.2) is 11.7 Å². The summed E-state index contributed by atoms with van der Waals surface area (Å²) in [7, 11) is 0. The van der Waals surface area contributed by atoms with E-state index in [4.69, 9.17) is 0 Å². The summed E-state index contributed by atoms with van der Waals surface area (Å²) < 4.78 is 39.7. The van der Waals surface area contributed by atoms with Crippen molar-refractivity contribution in [1.29, 1.82) is 0 Å². The Labute approximate surface area is 132 Å². The Balaban J connectivity index is 1.53. The van der Waals surface area contributed by atoms with E-state index < -0.39 is 17.5 Å². The molecule has 0 spiro atoms. The molecule has 1 N–H and O–H groups in total. The molecule has 0 aromatic heterocycles. The zero-order valence-electron chi connectivity index (χ0n) is 12.5. The van der Waals surface area contributed by atoms with E-state index in [1.165, 1.54) is 5.56 Å². The third kappa shape index (κ3) is 2.45. The van der Waals surface area contributed by atoms with Gasteiger partial charge in [0, 0.05) is 6.61 Å². The van der Waals surface area contributed by atoms with Crippen LogP contribution < -0.4 is 0 Å². The van der Waals surface area contributed by atoms with Crippen molar-refractivity contribution >= 4 is 0 Å². The van der Waals surface area contributed by atoms with E-state index in [1.54, 1.807) is 0 Å². The highest BCUT2D eigenvalue weighted by Gasteiger charge is 2.55. The summed E-state index contributed by atoms with van der Waals surface area (Å²) in [4.78, 5) is 0. The number of aliphatic hydroxyl groups excluding tert-OH is 1. The first-order valence-corrected chi connectivity index (χ1v) is 7.94. The largest absolute Gasteiger partial charge is 0.396 e. The van der Waals surface area contributed by atoms with Gasteiger partial charge in [0.25, 0.3) is 0 Å². The fourth-order valence-electron chi connectivity index (χ4n) is 4.19. The van der Waals surface area contributed by atoms with Gasteiger partial charge in [0.15, 0.2) is 17.5 Å². The fraction of sp³-hybridized carbons (Fsp3) is 0.368. The molecule has 2 aliphatic carbocycles. The van der Waals surface area contributed by atoms with Gasteiger partial charge in [-0.3, -0.25) is 0 Å². The van der Waals surface area contributed by atoms with Crippen molar-refractivity contribution < 1.29 is 18.3 Å². The lowest BCUT2D eigenvalue weighted by molar-refractivity contribution is 0.253. The Kier molecular flexibility index (Phi) is 3.45. The van der Waals surface area contributed by atoms with Crippen LogP contribution in [0.1, 0.15) is 24.3 Å². The third-order valence-corrected chi connectivity index (χ3v) is 5.53. The summed E-state index contributed by atoms with van der Waals surface area (Å²) in [6.45, 7) is 0.294. The van der Waals surface area contributed by atoms with Gasteiger partial charge < -0.3 is 5.11 Å². The van der Waals surface area contributed by atoms with Crippen molar-refractivity contribution in [2.75, 3.05) is 6.61 Å². The minimum atomic E-state index is -1.44. The molecule has 2 fully saturated rings. The Morgan fingerprint density at radius 2 is 1.43 bits per heavy atom. The molecule has 120 valence electrons. The Morgan fingerprint density at radius 3 is 1.96 bits per heavy atom. The first-order valence-electron chi connectivity index (χ1n) is 7.94. The number of fused-ring (bicyclic) bond motifs is 1. The first-order chi connectivity index (χ1) is 11.1. The lowest BCUT2D eigenvalue weighted by Crippen LogP contribution is -2.02. The lowest BCUT2D eigenvalue weighted by Gasteiger charge is -2.14. The SMILES string of the molecule is OCC1[C@H]2CC(c3ccc(-c4cc(F)c(F)c(F)c4)cc3)C[C@@H]12. The molecule has 2 aliphatic rings. The van der Waals surface area contributed by atoms with Crippen molar-refractivity contribution in [2.24, 2.45) is 17.8 Å². The molecule has 0 amide bonds. The van der Waals surface area contributed by atoms with Gasteiger partial charge in [0.1, 0.15) is 0 Å². The number of benzene rings is 2. The van der Waals surface area contributed by atoms with Crippen LogP contribution in [0.4, 0.5) is 13.2 Å². The molecule has 0 saturated heterocycles. The Morgan fingerprint density at radius 1 is 0.870 bits per heavy atom. The van der Waals surface area contributed by atoms with Crippen molar-refractivity contribution in [1.82, 2.24) is 0 Å². The standard InChI is InChI=1S/C19H17F3O/c20-17-7-13(8-18(21)19(17)22)11-3-1-10(2-4-11)12-5-14-15(6-12)16(14)9-23/h1-4,7-8,12,14-16,23H,5-6,9H2/t12?,14-,15+,16?. The molecule has 0 heterocycles. The molecule has 2 aromatic carbocycles. The second kappa shape index (κ2) is 5.38. The van der Waals surface area contributed by atoms with Gasteiger partial charge in [-0.05, 0) is 65.3 Å². The second-order valence-corrected chi connectivity index (χ2v) is 6.72. The normalized spacial score (nSPS) is 28.7. The quantitative estimate of drug-likeness (QED) is 0.826. The topological polar surface area (TPSA) is 20.2 Å². The second-order valence-electron chi connectivity index (χ2n) is 6.72. The van der Waals surface area contributed by atoms with Gasteiger partial charge in [-0.1, -0.05) is 24.3 Å². The maximum atomic E-state index is 13.3. The van der Waals surface area contributed by atoms with Crippen molar-refractivity contribution in [3.8, 4) is 11.1 Å². The molecule has 0 bridgehead atoms. The molecule has 2 saturated carbocycles. The minimum Gasteiger partial charge on any atom is -0.396 e. The van der Waals surface area contributed by atoms with E-state index in [0.29, 0.717) is 41.4 Å². The van der Waals surface area contributed by atoms with Crippen LogP contribution in [0, 0.1) is 35.2 Å². The molecule has 2 unspecified atom stereocenters. The summed E-state index contributed by atoms with van der Waals surface area (Å²) in [6.07, 6.45) is 2.21. The average Bonchev–Trinajstić information content (AvgIpc) is 3.03. The molecule has 4 heteroatoms. The molecule has 0 radical (unpaired) electrons. The zero-order valence-corrected chi connectivity index (χ0v) is 12.5. The highest BCUT2D eigenvalue weighted by molar-refractivity contribution is 5.64. The average molecular weight is 318 g/mol. The molecule has 4 rings (SSSR count). The summed E-state index contributed by atoms with van der Waals surface area (Å²) in [5, 5.41) is 9.21. The molecular weight excluding hydrogens is 301 g/mol. The number of hydrogen-bond acceptors (Lipinski definition) is 1. The van der Waals surface area contributed by atoms with E-state index in [2.05, 4.69) is 0 Å². The maximum absolute atomic E-state index is 13.3. The fourth-order valence-corrected chi connectivity index (χ4v) is 4.19. The summed E-state index contributed by atoms with van der Waals surface area (Å²) in [5.41, 5.74) is 2.23. The summed E-state index contributed by atoms with van der Waals surface area (Å²) >= 11 is 0. The van der Waals surface area contributed by atoms with Gasteiger partial charge in [-0.2, -0.15) is 0 Å². The van der Waals surface area contributed by atoms with Crippen LogP contribution in [0.15, 0.2) is 36.4 Å². The monoisotopic (exact) mass is 318 g/mol. The van der Waals surface area contributed by atoms with E-state index in [9.17, 15) is 18.3 Å². The molecular formula is C19H17F3O. The van der Waals surface area contributed by atoms with E-state index in [1.807, 2.05) is 24.3 Å². The van der Waals surface area contributed by atoms with Crippen molar-refractivity contribution in [3.05, 3.63) is 59.4 Å². The number of aliphatic hydroxyl groups is 1. The molecule has 2 aromatic rings. The number of hydrogen-bond donors (Lipinski definition) is 1. The predicted octanol–water partition coefficient (Wildman–Crippen LogP) is 4.50. The van der Waals surface area contributed by atoms with Crippen LogP contribution in [0.2, 0.25) is 0 Å². The molecule has 0 aliphatic heterocycles. The summed E-state index contributed by atoms with van der Waals surface area (Å²) in [6, 6.07) is 9.66. The highest BCUT2D eigenvalue weighted by Crippen LogP contribution is 2.61. The maximum Gasteiger partial charge on any atom is 0.194 e. The molecule has 4 atom stereocenters. The van der Waals surface area contributed by atoms with E-state index >= 15 is 0 Å². The van der Waals surface area contributed by atoms with Crippen LogP contribution in [-0.2, 0) is 0 Å². The third-order valence-electron chi connectivity index (χ3n) is 5.53. The van der Waals surface area contributed by atoms with Gasteiger partial charge >= 0.3 is 0 Å². The van der Waals surface area contributed by atoms with E-state index in [-0.39, 0.29) is 0 Å². The number of halogens is 3. The van der Waals surface area contributed by atoms with Crippen LogP contribution in [0.25, 0.3) is 11.1 Å². The Hall–Kier alpha value is -1.81. The van der Waals surface area contributed by atoms with Crippen LogP contribution in [0.3, 0.4) is 0 Å². The van der Waals surface area contributed by atoms with Gasteiger partial charge in [-0.25, -0.2) is 13.2 Å². The van der Waals surface area contributed by atoms with Gasteiger partial charge in [0.05, 0.1) is 0 Å². The van der Waals surface area contributed by atoms with Crippen molar-refractivity contribution in [3.63, 3.8) is 0 Å². The van der Waals surface area contributed by atoms with E-state index in [0.717, 1.165) is 25.0 Å². The predicted molar refractivity (Wildman–Crippen MR) is 81.3 cm³/mol. The first kappa shape index (κ1) is 14.8. The number of rotatable bonds is 3. The Bertz CT molecular complexity index is 706. The highest BCUT2D eigenvalue weighted by atomic mass is 19.2. The smallest absolute Gasteiger partial charge is 0.194 e. The summed E-state index contributed by atoms with van der Waals surface area (Å²) in [5.74, 6) is -1.46. The van der Waals surface area contributed by atoms with Crippen LogP contribution >= 0.6 is 0 Å².